The molecule has 2 N–H and O–H groups in total. The van der Waals surface area contributed by atoms with Crippen LogP contribution < -0.4 is 0 Å². The first-order valence-corrected chi connectivity index (χ1v) is 5.17. The minimum atomic E-state index is -2.70. The Kier molecular flexibility index (Phi) is 4.31. The maximum absolute atomic E-state index is 11.2. The van der Waals surface area contributed by atoms with Gasteiger partial charge in [-0.3, -0.25) is 0 Å². The Morgan fingerprint density at radius 1 is 0.765 bits per heavy atom. The molecule has 0 aromatic carbocycles. The molecule has 0 aliphatic rings. The van der Waals surface area contributed by atoms with Gasteiger partial charge >= 0.3 is 17.7 Å². The molecule has 0 bridgehead atoms. The van der Waals surface area contributed by atoms with E-state index in [4.69, 9.17) is 19.7 Å². The Balaban J connectivity index is 5.46. The van der Waals surface area contributed by atoms with E-state index in [1.807, 2.05) is 0 Å². The lowest BCUT2D eigenvalue weighted by Gasteiger charge is -2.36. The third-order valence-electron chi connectivity index (χ3n) is 1.46. The number of rotatable bonds is 4. The summed E-state index contributed by atoms with van der Waals surface area (Å²) in [7, 11) is 0. The highest BCUT2D eigenvalue weighted by atomic mass is 16.7. The molecule has 0 heterocycles. The van der Waals surface area contributed by atoms with Crippen molar-refractivity contribution in [3.05, 3.63) is 0 Å². The molecular formula is C11H20O6. The Hall–Kier alpha value is -1.14. The Bertz CT molecular complexity index is 275. The summed E-state index contributed by atoms with van der Waals surface area (Å²) in [5, 5.41) is 18.2. The lowest BCUT2D eigenvalue weighted by molar-refractivity contribution is -0.296. The van der Waals surface area contributed by atoms with Crippen LogP contribution in [0.5, 0.6) is 0 Å². The zero-order chi connectivity index (χ0) is 14.1. The second-order valence-electron chi connectivity index (χ2n) is 5.66. The monoisotopic (exact) mass is 248 g/mol. The van der Waals surface area contributed by atoms with E-state index in [1.54, 1.807) is 41.5 Å². The summed E-state index contributed by atoms with van der Waals surface area (Å²) >= 11 is 0. The zero-order valence-corrected chi connectivity index (χ0v) is 11.0. The highest BCUT2D eigenvalue weighted by molar-refractivity contribution is 6.00. The van der Waals surface area contributed by atoms with Crippen molar-refractivity contribution in [1.29, 1.82) is 0 Å². The molecule has 0 amide bonds. The largest absolute Gasteiger partial charge is 0.477 e. The summed E-state index contributed by atoms with van der Waals surface area (Å²) in [5.74, 6) is -6.07. The molecule has 0 spiro atoms. The van der Waals surface area contributed by atoms with Crippen LogP contribution >= 0.6 is 0 Å². The molecule has 0 atom stereocenters. The summed E-state index contributed by atoms with van der Waals surface area (Å²) in [6, 6.07) is 0. The number of hydrogen-bond acceptors (Lipinski definition) is 4. The van der Waals surface area contributed by atoms with Crippen LogP contribution in [0.3, 0.4) is 0 Å². The Morgan fingerprint density at radius 3 is 1.12 bits per heavy atom. The average molecular weight is 248 g/mol. The fourth-order valence-corrected chi connectivity index (χ4v) is 1.15. The SMILES string of the molecule is CC(C)(C)OC(OC(C)(C)C)(C(=O)O)C(=O)O. The summed E-state index contributed by atoms with van der Waals surface area (Å²) < 4.78 is 10.2. The van der Waals surface area contributed by atoms with Gasteiger partial charge in [-0.1, -0.05) is 0 Å². The molecule has 0 unspecified atom stereocenters. The fraction of sp³-hybridized carbons (Fsp3) is 0.818. The van der Waals surface area contributed by atoms with Crippen LogP contribution in [0, 0.1) is 0 Å². The van der Waals surface area contributed by atoms with Crippen molar-refractivity contribution in [2.75, 3.05) is 0 Å². The molecule has 0 aromatic rings. The van der Waals surface area contributed by atoms with Crippen LogP contribution in [0.4, 0.5) is 0 Å². The van der Waals surface area contributed by atoms with Crippen molar-refractivity contribution in [2.24, 2.45) is 0 Å². The van der Waals surface area contributed by atoms with E-state index in [1.165, 1.54) is 0 Å². The number of carbonyl (C=O) groups is 2. The normalized spacial score (nSPS) is 13.5. The van der Waals surface area contributed by atoms with Crippen molar-refractivity contribution in [2.45, 2.75) is 58.5 Å². The molecule has 0 rings (SSSR count). The van der Waals surface area contributed by atoms with Crippen LogP contribution in [0.2, 0.25) is 0 Å². The highest BCUT2D eigenvalue weighted by Gasteiger charge is 2.54. The molecule has 6 heteroatoms. The topological polar surface area (TPSA) is 93.1 Å². The zero-order valence-electron chi connectivity index (χ0n) is 11.0. The average Bonchev–Trinajstić information content (AvgIpc) is 1.96. The number of aliphatic carboxylic acids is 2. The third-order valence-corrected chi connectivity index (χ3v) is 1.46. The third kappa shape index (κ3) is 4.70. The predicted octanol–water partition coefficient (Wildman–Crippen LogP) is 1.48. The first-order valence-electron chi connectivity index (χ1n) is 5.17. The number of ether oxygens (including phenoxy) is 2. The number of carboxylic acid groups (broad SMARTS) is 2. The van der Waals surface area contributed by atoms with Crippen molar-refractivity contribution in [3.63, 3.8) is 0 Å². The summed E-state index contributed by atoms with van der Waals surface area (Å²) in [5.41, 5.74) is -1.94. The first-order chi connectivity index (χ1) is 7.30. The van der Waals surface area contributed by atoms with E-state index in [9.17, 15) is 9.59 Å². The van der Waals surface area contributed by atoms with Gasteiger partial charge in [0.25, 0.3) is 0 Å². The van der Waals surface area contributed by atoms with Gasteiger partial charge in [0.05, 0.1) is 11.2 Å². The smallest absolute Gasteiger partial charge is 0.377 e. The molecule has 100 valence electrons. The summed E-state index contributed by atoms with van der Waals surface area (Å²) in [4.78, 5) is 22.4. The quantitative estimate of drug-likeness (QED) is 0.578. The molecule has 17 heavy (non-hydrogen) atoms. The van der Waals surface area contributed by atoms with Crippen LogP contribution in [0.1, 0.15) is 41.5 Å². The van der Waals surface area contributed by atoms with Gasteiger partial charge in [-0.2, -0.15) is 0 Å². The van der Waals surface area contributed by atoms with E-state index in [0.29, 0.717) is 0 Å². The fourth-order valence-electron chi connectivity index (χ4n) is 1.15. The highest BCUT2D eigenvalue weighted by Crippen LogP contribution is 2.28. The van der Waals surface area contributed by atoms with Crippen molar-refractivity contribution < 1.29 is 29.3 Å². The second kappa shape index (κ2) is 4.62. The van der Waals surface area contributed by atoms with Gasteiger partial charge in [0.15, 0.2) is 0 Å². The van der Waals surface area contributed by atoms with Crippen molar-refractivity contribution in [1.82, 2.24) is 0 Å². The van der Waals surface area contributed by atoms with E-state index in [-0.39, 0.29) is 0 Å². The molecule has 0 radical (unpaired) electrons. The number of carboxylic acids is 2. The maximum atomic E-state index is 11.2. The van der Waals surface area contributed by atoms with E-state index >= 15 is 0 Å². The van der Waals surface area contributed by atoms with Crippen molar-refractivity contribution >= 4 is 11.9 Å². The lowest BCUT2D eigenvalue weighted by Crippen LogP contribution is -2.57. The first kappa shape index (κ1) is 15.9. The van der Waals surface area contributed by atoms with Crippen molar-refractivity contribution in [3.8, 4) is 0 Å². The Labute approximate surface area is 101 Å². The van der Waals surface area contributed by atoms with E-state index in [0.717, 1.165) is 0 Å². The van der Waals surface area contributed by atoms with Gasteiger partial charge in [-0.05, 0) is 41.5 Å². The number of hydrogen-bond donors (Lipinski definition) is 2. The standard InChI is InChI=1S/C11H20O6/c1-9(2,3)16-11(7(12)13,8(14)15)17-10(4,5)6/h1-6H3,(H,12,13)(H,14,15). The lowest BCUT2D eigenvalue weighted by atomic mass is 10.1. The van der Waals surface area contributed by atoms with Crippen LogP contribution in [-0.4, -0.2) is 39.1 Å². The molecule has 0 saturated carbocycles. The minimum absolute atomic E-state index is 0.970. The van der Waals surface area contributed by atoms with E-state index in [2.05, 4.69) is 0 Å². The molecule has 0 fully saturated rings. The molecular weight excluding hydrogens is 228 g/mol. The molecule has 0 aliphatic carbocycles. The van der Waals surface area contributed by atoms with Gasteiger partial charge in [-0.25, -0.2) is 9.59 Å². The second-order valence-corrected chi connectivity index (χ2v) is 5.66. The van der Waals surface area contributed by atoms with Gasteiger partial charge in [0.1, 0.15) is 0 Å². The van der Waals surface area contributed by atoms with Gasteiger partial charge in [-0.15, -0.1) is 0 Å². The van der Waals surface area contributed by atoms with Gasteiger partial charge in [0.2, 0.25) is 0 Å². The molecule has 0 aliphatic heterocycles. The molecule has 0 aromatic heterocycles. The molecule has 6 nitrogen and oxygen atoms in total. The minimum Gasteiger partial charge on any atom is -0.477 e. The van der Waals surface area contributed by atoms with Gasteiger partial charge < -0.3 is 19.7 Å². The summed E-state index contributed by atoms with van der Waals surface area (Å²) in [6.07, 6.45) is 0. The van der Waals surface area contributed by atoms with Crippen LogP contribution in [0.15, 0.2) is 0 Å². The Morgan fingerprint density at radius 2 is 1.00 bits per heavy atom. The van der Waals surface area contributed by atoms with Crippen LogP contribution in [-0.2, 0) is 19.1 Å². The van der Waals surface area contributed by atoms with E-state index < -0.39 is 28.9 Å². The predicted molar refractivity (Wildman–Crippen MR) is 59.7 cm³/mol. The molecule has 0 saturated heterocycles. The van der Waals surface area contributed by atoms with Gasteiger partial charge in [0, 0.05) is 0 Å². The van der Waals surface area contributed by atoms with Crippen LogP contribution in [0.25, 0.3) is 0 Å². The summed E-state index contributed by atoms with van der Waals surface area (Å²) in [6.45, 7) is 9.33. The maximum Gasteiger partial charge on any atom is 0.377 e.